The van der Waals surface area contributed by atoms with Crippen molar-refractivity contribution in [2.24, 2.45) is 11.8 Å². The van der Waals surface area contributed by atoms with E-state index in [-0.39, 0.29) is 29.5 Å². The number of carbonyl (C=O) groups is 2. The maximum Gasteiger partial charge on any atom is 0.287 e. The van der Waals surface area contributed by atoms with E-state index in [0.29, 0.717) is 5.92 Å². The first-order chi connectivity index (χ1) is 10.3. The standard InChI is InChI=1S/C17H28N2O3/c1-11(2)8-9-13(5)18-17(21)15(12(3)4)19-16(20)14-7-6-10-22-14/h6-7,10-13,15H,8-9H2,1-5H3,(H,18,21)(H,19,20). The van der Waals surface area contributed by atoms with Crippen LogP contribution in [0.5, 0.6) is 0 Å². The van der Waals surface area contributed by atoms with Gasteiger partial charge < -0.3 is 15.1 Å². The van der Waals surface area contributed by atoms with Gasteiger partial charge in [0.25, 0.3) is 5.91 Å². The lowest BCUT2D eigenvalue weighted by atomic mass is 10.0. The van der Waals surface area contributed by atoms with Crippen LogP contribution in [0.3, 0.4) is 0 Å². The number of hydrogen-bond donors (Lipinski definition) is 2. The smallest absolute Gasteiger partial charge is 0.287 e. The van der Waals surface area contributed by atoms with Crippen LogP contribution < -0.4 is 10.6 Å². The molecule has 0 fully saturated rings. The molecule has 2 amide bonds. The van der Waals surface area contributed by atoms with Crippen molar-refractivity contribution in [2.75, 3.05) is 0 Å². The maximum absolute atomic E-state index is 12.4. The predicted octanol–water partition coefficient (Wildman–Crippen LogP) is 2.97. The SMILES string of the molecule is CC(C)CCC(C)NC(=O)C(NC(=O)c1ccco1)C(C)C. The van der Waals surface area contributed by atoms with Crippen molar-refractivity contribution in [1.29, 1.82) is 0 Å². The third-order valence-corrected chi connectivity index (χ3v) is 3.55. The van der Waals surface area contributed by atoms with E-state index in [2.05, 4.69) is 24.5 Å². The van der Waals surface area contributed by atoms with Gasteiger partial charge in [0.05, 0.1) is 6.26 Å². The van der Waals surface area contributed by atoms with Crippen molar-refractivity contribution in [3.8, 4) is 0 Å². The van der Waals surface area contributed by atoms with E-state index in [0.717, 1.165) is 12.8 Å². The van der Waals surface area contributed by atoms with Crippen LogP contribution in [0.1, 0.15) is 58.0 Å². The minimum Gasteiger partial charge on any atom is -0.459 e. The summed E-state index contributed by atoms with van der Waals surface area (Å²) in [4.78, 5) is 24.4. The van der Waals surface area contributed by atoms with Crippen molar-refractivity contribution in [1.82, 2.24) is 10.6 Å². The van der Waals surface area contributed by atoms with Gasteiger partial charge in [0.2, 0.25) is 5.91 Å². The molecule has 0 aliphatic heterocycles. The van der Waals surface area contributed by atoms with Gasteiger partial charge >= 0.3 is 0 Å². The summed E-state index contributed by atoms with van der Waals surface area (Å²) >= 11 is 0. The summed E-state index contributed by atoms with van der Waals surface area (Å²) < 4.78 is 5.06. The molecule has 0 aromatic carbocycles. The van der Waals surface area contributed by atoms with Gasteiger partial charge in [0.1, 0.15) is 6.04 Å². The molecule has 2 atom stereocenters. The zero-order chi connectivity index (χ0) is 16.7. The predicted molar refractivity (Wildman–Crippen MR) is 86.5 cm³/mol. The third-order valence-electron chi connectivity index (χ3n) is 3.55. The normalized spacial score (nSPS) is 14.0. The van der Waals surface area contributed by atoms with Crippen LogP contribution in [0.4, 0.5) is 0 Å². The van der Waals surface area contributed by atoms with Crippen LogP contribution in [-0.4, -0.2) is 23.9 Å². The Balaban J connectivity index is 2.58. The van der Waals surface area contributed by atoms with Crippen LogP contribution in [0, 0.1) is 11.8 Å². The highest BCUT2D eigenvalue weighted by Crippen LogP contribution is 2.09. The molecule has 2 unspecified atom stereocenters. The highest BCUT2D eigenvalue weighted by molar-refractivity contribution is 5.95. The average Bonchev–Trinajstić information content (AvgIpc) is 2.95. The summed E-state index contributed by atoms with van der Waals surface area (Å²) in [6, 6.07) is 2.75. The van der Waals surface area contributed by atoms with Crippen LogP contribution in [0.25, 0.3) is 0 Å². The number of nitrogens with one attached hydrogen (secondary N) is 2. The Hall–Kier alpha value is -1.78. The van der Waals surface area contributed by atoms with E-state index in [4.69, 9.17) is 4.42 Å². The van der Waals surface area contributed by atoms with Crippen molar-refractivity contribution in [2.45, 2.75) is 59.5 Å². The largest absolute Gasteiger partial charge is 0.459 e. The zero-order valence-corrected chi connectivity index (χ0v) is 14.2. The molecule has 1 aromatic heterocycles. The minimum absolute atomic E-state index is 0.00351. The van der Waals surface area contributed by atoms with Crippen LogP contribution in [-0.2, 0) is 4.79 Å². The van der Waals surface area contributed by atoms with Gasteiger partial charge in [-0.15, -0.1) is 0 Å². The van der Waals surface area contributed by atoms with E-state index in [1.54, 1.807) is 12.1 Å². The molecular formula is C17H28N2O3. The number of carbonyl (C=O) groups excluding carboxylic acids is 2. The highest BCUT2D eigenvalue weighted by atomic mass is 16.3. The molecule has 22 heavy (non-hydrogen) atoms. The highest BCUT2D eigenvalue weighted by Gasteiger charge is 2.26. The number of rotatable bonds is 8. The Bertz CT molecular complexity index is 466. The molecular weight excluding hydrogens is 280 g/mol. The van der Waals surface area contributed by atoms with Crippen molar-refractivity contribution in [3.63, 3.8) is 0 Å². The van der Waals surface area contributed by atoms with E-state index in [1.165, 1.54) is 6.26 Å². The molecule has 0 aliphatic rings. The lowest BCUT2D eigenvalue weighted by molar-refractivity contribution is -0.124. The van der Waals surface area contributed by atoms with Crippen LogP contribution in [0.2, 0.25) is 0 Å². The first-order valence-electron chi connectivity index (χ1n) is 7.96. The molecule has 0 radical (unpaired) electrons. The maximum atomic E-state index is 12.4. The molecule has 0 saturated heterocycles. The summed E-state index contributed by atoms with van der Waals surface area (Å²) in [7, 11) is 0. The Morgan fingerprint density at radius 2 is 1.77 bits per heavy atom. The van der Waals surface area contributed by atoms with Gasteiger partial charge in [-0.05, 0) is 43.7 Å². The van der Waals surface area contributed by atoms with Crippen molar-refractivity contribution < 1.29 is 14.0 Å². The molecule has 1 rings (SSSR count). The first kappa shape index (κ1) is 18.3. The number of hydrogen-bond acceptors (Lipinski definition) is 3. The van der Waals surface area contributed by atoms with E-state index < -0.39 is 6.04 Å². The molecule has 0 saturated carbocycles. The fraction of sp³-hybridized carbons (Fsp3) is 0.647. The number of furan rings is 1. The molecule has 1 heterocycles. The van der Waals surface area contributed by atoms with Gasteiger partial charge in [-0.3, -0.25) is 9.59 Å². The topological polar surface area (TPSA) is 71.3 Å². The number of amides is 2. The second-order valence-electron chi connectivity index (χ2n) is 6.55. The third kappa shape index (κ3) is 5.92. The quantitative estimate of drug-likeness (QED) is 0.775. The fourth-order valence-corrected chi connectivity index (χ4v) is 2.14. The van der Waals surface area contributed by atoms with Crippen LogP contribution >= 0.6 is 0 Å². The zero-order valence-electron chi connectivity index (χ0n) is 14.2. The molecule has 5 nitrogen and oxygen atoms in total. The van der Waals surface area contributed by atoms with Gasteiger partial charge in [-0.1, -0.05) is 27.7 Å². The molecule has 2 N–H and O–H groups in total. The lowest BCUT2D eigenvalue weighted by Crippen LogP contribution is -2.51. The van der Waals surface area contributed by atoms with Crippen molar-refractivity contribution in [3.05, 3.63) is 24.2 Å². The molecule has 5 heteroatoms. The summed E-state index contributed by atoms with van der Waals surface area (Å²) in [5.41, 5.74) is 0. The second-order valence-corrected chi connectivity index (χ2v) is 6.55. The van der Waals surface area contributed by atoms with E-state index in [9.17, 15) is 9.59 Å². The van der Waals surface area contributed by atoms with E-state index in [1.807, 2.05) is 20.8 Å². The average molecular weight is 308 g/mol. The van der Waals surface area contributed by atoms with Gasteiger partial charge in [-0.2, -0.15) is 0 Å². The fourth-order valence-electron chi connectivity index (χ4n) is 2.14. The molecule has 1 aromatic rings. The summed E-state index contributed by atoms with van der Waals surface area (Å²) in [6.07, 6.45) is 3.43. The summed E-state index contributed by atoms with van der Waals surface area (Å²) in [6.45, 7) is 10.1. The van der Waals surface area contributed by atoms with E-state index >= 15 is 0 Å². The molecule has 124 valence electrons. The molecule has 0 bridgehead atoms. The van der Waals surface area contributed by atoms with Gasteiger partial charge in [0.15, 0.2) is 5.76 Å². The minimum atomic E-state index is -0.570. The van der Waals surface area contributed by atoms with Gasteiger partial charge in [0, 0.05) is 6.04 Å². The second kappa shape index (κ2) is 8.61. The first-order valence-corrected chi connectivity index (χ1v) is 7.96. The summed E-state index contributed by atoms with van der Waals surface area (Å²) in [5.74, 6) is 0.307. The Morgan fingerprint density at radius 3 is 2.27 bits per heavy atom. The van der Waals surface area contributed by atoms with Crippen molar-refractivity contribution >= 4 is 11.8 Å². The Morgan fingerprint density at radius 1 is 1.09 bits per heavy atom. The Kier molecular flexibility index (Phi) is 7.15. The Labute approximate surface area is 132 Å². The monoisotopic (exact) mass is 308 g/mol. The lowest BCUT2D eigenvalue weighted by Gasteiger charge is -2.24. The molecule has 0 spiro atoms. The molecule has 0 aliphatic carbocycles. The summed E-state index contributed by atoms with van der Waals surface area (Å²) in [5, 5.41) is 5.73. The van der Waals surface area contributed by atoms with Gasteiger partial charge in [-0.25, -0.2) is 0 Å². The van der Waals surface area contributed by atoms with Crippen LogP contribution in [0.15, 0.2) is 22.8 Å².